The number of nitrogens with one attached hydrogen (secondary N) is 1. The third-order valence-corrected chi connectivity index (χ3v) is 8.16. The molecule has 42 heavy (non-hydrogen) atoms. The fourth-order valence-electron chi connectivity index (χ4n) is 5.93. The van der Waals surface area contributed by atoms with E-state index in [1.54, 1.807) is 48.8 Å². The van der Waals surface area contributed by atoms with Gasteiger partial charge in [-0.05, 0) is 53.8 Å². The van der Waals surface area contributed by atoms with Crippen LogP contribution in [0.15, 0.2) is 54.9 Å². The SMILES string of the molecule is NC(=O)c1nn(CC(=O)N2CC(F)CC2C(=O)NC2CC(O)Cc3cccc(Cl)c32)c2ccc(-c3ccnnc3)cc12. The van der Waals surface area contributed by atoms with Gasteiger partial charge in [-0.1, -0.05) is 29.8 Å². The van der Waals surface area contributed by atoms with Crippen LogP contribution in [0.5, 0.6) is 0 Å². The first-order chi connectivity index (χ1) is 20.2. The summed E-state index contributed by atoms with van der Waals surface area (Å²) in [4.78, 5) is 40.4. The number of benzene rings is 2. The van der Waals surface area contributed by atoms with Crippen LogP contribution in [0.1, 0.15) is 40.5 Å². The molecule has 1 fully saturated rings. The van der Waals surface area contributed by atoms with Crippen LogP contribution in [-0.4, -0.2) is 72.6 Å². The second kappa shape index (κ2) is 11.1. The fraction of sp³-hybridized carbons (Fsp3) is 0.310. The van der Waals surface area contributed by atoms with E-state index in [-0.39, 0.29) is 31.6 Å². The Morgan fingerprint density at radius 3 is 2.71 bits per heavy atom. The van der Waals surface area contributed by atoms with E-state index in [4.69, 9.17) is 17.3 Å². The second-order valence-electron chi connectivity index (χ2n) is 10.6. The Morgan fingerprint density at radius 2 is 1.95 bits per heavy atom. The van der Waals surface area contributed by atoms with Gasteiger partial charge in [0.1, 0.15) is 18.8 Å². The van der Waals surface area contributed by atoms with E-state index in [0.717, 1.165) is 22.3 Å². The topological polar surface area (TPSA) is 156 Å². The van der Waals surface area contributed by atoms with Crippen molar-refractivity contribution in [3.8, 4) is 11.1 Å². The molecule has 11 nitrogen and oxygen atoms in total. The van der Waals surface area contributed by atoms with Crippen LogP contribution in [0.2, 0.25) is 5.02 Å². The molecule has 4 atom stereocenters. The minimum absolute atomic E-state index is 0.0212. The zero-order valence-corrected chi connectivity index (χ0v) is 23.0. The van der Waals surface area contributed by atoms with Gasteiger partial charge in [-0.3, -0.25) is 19.1 Å². The molecule has 2 aromatic heterocycles. The summed E-state index contributed by atoms with van der Waals surface area (Å²) in [5, 5.41) is 26.1. The molecule has 2 aliphatic rings. The molecule has 2 aromatic carbocycles. The maximum Gasteiger partial charge on any atom is 0.269 e. The van der Waals surface area contributed by atoms with Crippen molar-refractivity contribution in [2.45, 2.75) is 50.2 Å². The van der Waals surface area contributed by atoms with E-state index in [0.29, 0.717) is 22.3 Å². The quantitative estimate of drug-likeness (QED) is 0.311. The highest BCUT2D eigenvalue weighted by Crippen LogP contribution is 2.36. The van der Waals surface area contributed by atoms with Crippen molar-refractivity contribution in [1.29, 1.82) is 0 Å². The summed E-state index contributed by atoms with van der Waals surface area (Å²) in [6.45, 7) is -0.601. The van der Waals surface area contributed by atoms with Crippen LogP contribution >= 0.6 is 11.6 Å². The van der Waals surface area contributed by atoms with E-state index in [2.05, 4.69) is 20.6 Å². The van der Waals surface area contributed by atoms with Crippen LogP contribution < -0.4 is 11.1 Å². The number of carbonyl (C=O) groups excluding carboxylic acids is 3. The average Bonchev–Trinajstić information content (AvgIpc) is 3.54. The molecule has 216 valence electrons. The van der Waals surface area contributed by atoms with Gasteiger partial charge in [-0.25, -0.2) is 4.39 Å². The average molecular weight is 592 g/mol. The first kappa shape index (κ1) is 27.7. The van der Waals surface area contributed by atoms with Crippen molar-refractivity contribution in [3.05, 3.63) is 76.7 Å². The number of aliphatic hydroxyl groups is 1. The number of aromatic nitrogens is 4. The smallest absolute Gasteiger partial charge is 0.269 e. The zero-order valence-electron chi connectivity index (χ0n) is 22.3. The number of aliphatic hydroxyl groups excluding tert-OH is 1. The number of likely N-dealkylation sites (tertiary alicyclic amines) is 1. The van der Waals surface area contributed by atoms with Crippen LogP contribution in [0.4, 0.5) is 4.39 Å². The van der Waals surface area contributed by atoms with Crippen molar-refractivity contribution in [3.63, 3.8) is 0 Å². The third-order valence-electron chi connectivity index (χ3n) is 7.83. The first-order valence-corrected chi connectivity index (χ1v) is 13.8. The molecule has 0 spiro atoms. The number of halogens is 2. The molecule has 0 radical (unpaired) electrons. The van der Waals surface area contributed by atoms with Crippen molar-refractivity contribution in [1.82, 2.24) is 30.2 Å². The number of hydrogen-bond acceptors (Lipinski definition) is 7. The Labute approximate surface area is 244 Å². The van der Waals surface area contributed by atoms with Gasteiger partial charge in [0.05, 0.1) is 36.6 Å². The Balaban J connectivity index is 1.25. The summed E-state index contributed by atoms with van der Waals surface area (Å²) < 4.78 is 16.0. The van der Waals surface area contributed by atoms with E-state index in [1.165, 1.54) is 9.58 Å². The van der Waals surface area contributed by atoms with Gasteiger partial charge in [0.2, 0.25) is 11.8 Å². The number of nitrogens with zero attached hydrogens (tertiary/aromatic N) is 5. The van der Waals surface area contributed by atoms with Crippen molar-refractivity contribution >= 4 is 40.2 Å². The van der Waals surface area contributed by atoms with Crippen LogP contribution in [0.25, 0.3) is 22.0 Å². The summed E-state index contributed by atoms with van der Waals surface area (Å²) >= 11 is 6.43. The number of primary amides is 1. The monoisotopic (exact) mass is 591 g/mol. The fourth-order valence-corrected chi connectivity index (χ4v) is 6.25. The Kier molecular flexibility index (Phi) is 7.33. The van der Waals surface area contributed by atoms with Crippen LogP contribution in [0, 0.1) is 0 Å². The Hall–Kier alpha value is -4.42. The lowest BCUT2D eigenvalue weighted by Gasteiger charge is -2.32. The summed E-state index contributed by atoms with van der Waals surface area (Å²) in [6, 6.07) is 10.7. The summed E-state index contributed by atoms with van der Waals surface area (Å²) in [6.07, 6.45) is 1.53. The van der Waals surface area contributed by atoms with Gasteiger partial charge in [0.15, 0.2) is 5.69 Å². The molecular weight excluding hydrogens is 565 g/mol. The van der Waals surface area contributed by atoms with Gasteiger partial charge in [0.25, 0.3) is 5.91 Å². The lowest BCUT2D eigenvalue weighted by Crippen LogP contribution is -2.48. The van der Waals surface area contributed by atoms with Gasteiger partial charge in [-0.2, -0.15) is 15.3 Å². The number of amides is 3. The molecule has 13 heteroatoms. The molecule has 3 amide bonds. The van der Waals surface area contributed by atoms with Gasteiger partial charge in [-0.15, -0.1) is 0 Å². The molecule has 6 rings (SSSR count). The molecule has 0 bridgehead atoms. The molecule has 0 saturated carbocycles. The standard InChI is InChI=1S/C29H27ClFN7O4/c30-21-3-1-2-16-8-19(39)11-22(26(16)21)35-29(42)24-10-18(31)13-37(24)25(40)14-38-23-5-4-15(17-6-7-33-34-12-17)9-20(23)27(36-38)28(32)41/h1-7,9,12,18-19,22,24,39H,8,10-11,13-14H2,(H2,32,41)(H,35,42). The molecule has 1 saturated heterocycles. The molecule has 4 aromatic rings. The van der Waals surface area contributed by atoms with Crippen molar-refractivity contribution in [2.75, 3.05) is 6.54 Å². The predicted molar refractivity (Wildman–Crippen MR) is 151 cm³/mol. The maximum absolute atomic E-state index is 14.7. The minimum atomic E-state index is -1.40. The Bertz CT molecular complexity index is 1700. The molecule has 1 aliphatic heterocycles. The van der Waals surface area contributed by atoms with E-state index in [1.807, 2.05) is 6.07 Å². The number of rotatable bonds is 6. The van der Waals surface area contributed by atoms with Gasteiger partial charge >= 0.3 is 0 Å². The Morgan fingerprint density at radius 1 is 1.12 bits per heavy atom. The summed E-state index contributed by atoms with van der Waals surface area (Å²) in [5.74, 6) is -1.85. The number of alkyl halides is 1. The van der Waals surface area contributed by atoms with Gasteiger partial charge in [0, 0.05) is 22.4 Å². The minimum Gasteiger partial charge on any atom is -0.393 e. The summed E-state index contributed by atoms with van der Waals surface area (Å²) in [5.41, 5.74) is 9.10. The van der Waals surface area contributed by atoms with Crippen LogP contribution in [-0.2, 0) is 22.6 Å². The number of hydrogen-bond donors (Lipinski definition) is 3. The number of fused-ring (bicyclic) bond motifs is 2. The first-order valence-electron chi connectivity index (χ1n) is 13.5. The zero-order chi connectivity index (χ0) is 29.5. The van der Waals surface area contributed by atoms with Crippen molar-refractivity contribution < 1.29 is 23.9 Å². The van der Waals surface area contributed by atoms with E-state index >= 15 is 0 Å². The molecule has 1 aliphatic carbocycles. The van der Waals surface area contributed by atoms with Gasteiger partial charge < -0.3 is 21.1 Å². The van der Waals surface area contributed by atoms with Crippen LogP contribution in [0.3, 0.4) is 0 Å². The largest absolute Gasteiger partial charge is 0.393 e. The lowest BCUT2D eigenvalue weighted by molar-refractivity contribution is -0.139. The third kappa shape index (κ3) is 5.19. The highest BCUT2D eigenvalue weighted by atomic mass is 35.5. The summed E-state index contributed by atoms with van der Waals surface area (Å²) in [7, 11) is 0. The number of carbonyl (C=O) groups is 3. The van der Waals surface area contributed by atoms with E-state index < -0.39 is 42.1 Å². The number of nitrogens with two attached hydrogens (primary N) is 1. The normalized spacial score (nSPS) is 21.7. The molecule has 4 unspecified atom stereocenters. The van der Waals surface area contributed by atoms with Crippen molar-refractivity contribution in [2.24, 2.45) is 5.73 Å². The molecular formula is C29H27ClFN7O4. The predicted octanol–water partition coefficient (Wildman–Crippen LogP) is 2.35. The molecule has 3 heterocycles. The van der Waals surface area contributed by atoms with E-state index in [9.17, 15) is 23.9 Å². The highest BCUT2D eigenvalue weighted by Gasteiger charge is 2.41. The maximum atomic E-state index is 14.7. The molecule has 4 N–H and O–H groups in total. The second-order valence-corrected chi connectivity index (χ2v) is 11.0. The highest BCUT2D eigenvalue weighted by molar-refractivity contribution is 6.31. The lowest BCUT2D eigenvalue weighted by atomic mass is 9.85.